The van der Waals surface area contributed by atoms with Crippen LogP contribution in [0.25, 0.3) is 17.1 Å². The molecule has 0 N–H and O–H groups in total. The molecule has 1 fully saturated rings. The molecular formula is C24H26N4O2. The van der Waals surface area contributed by atoms with E-state index in [0.717, 1.165) is 49.5 Å². The van der Waals surface area contributed by atoms with Crippen LogP contribution in [0.1, 0.15) is 18.2 Å². The van der Waals surface area contributed by atoms with Crippen LogP contribution in [0.15, 0.2) is 60.8 Å². The molecule has 2 aromatic carbocycles. The Kier molecular flexibility index (Phi) is 6.35. The van der Waals surface area contributed by atoms with E-state index in [1.165, 1.54) is 5.56 Å². The van der Waals surface area contributed by atoms with Gasteiger partial charge in [-0.05, 0) is 42.8 Å². The van der Waals surface area contributed by atoms with Crippen LogP contribution in [0.3, 0.4) is 0 Å². The molecule has 1 aliphatic rings. The number of nitrogens with zero attached hydrogens (tertiary/aromatic N) is 4. The van der Waals surface area contributed by atoms with Crippen LogP contribution < -0.4 is 4.74 Å². The highest BCUT2D eigenvalue weighted by molar-refractivity contribution is 5.91. The molecule has 3 aromatic rings. The Labute approximate surface area is 176 Å². The summed E-state index contributed by atoms with van der Waals surface area (Å²) < 4.78 is 5.49. The van der Waals surface area contributed by atoms with E-state index in [-0.39, 0.29) is 5.91 Å². The van der Waals surface area contributed by atoms with E-state index in [1.807, 2.05) is 48.2 Å². The summed E-state index contributed by atoms with van der Waals surface area (Å²) >= 11 is 0. The number of amides is 1. The average Bonchev–Trinajstić information content (AvgIpc) is 2.79. The molecule has 6 nitrogen and oxygen atoms in total. The van der Waals surface area contributed by atoms with Gasteiger partial charge >= 0.3 is 0 Å². The van der Waals surface area contributed by atoms with Crippen molar-refractivity contribution in [2.75, 3.05) is 32.8 Å². The molecule has 0 bridgehead atoms. The lowest BCUT2D eigenvalue weighted by Gasteiger charge is -2.34. The molecule has 1 amide bonds. The lowest BCUT2D eigenvalue weighted by molar-refractivity contribution is -0.127. The van der Waals surface area contributed by atoms with Crippen LogP contribution in [0.2, 0.25) is 0 Å². The normalized spacial score (nSPS) is 15.0. The zero-order valence-corrected chi connectivity index (χ0v) is 17.2. The van der Waals surface area contributed by atoms with Crippen molar-refractivity contribution in [3.63, 3.8) is 0 Å². The molecule has 154 valence electrons. The number of aromatic nitrogens is 2. The third-order valence-electron chi connectivity index (χ3n) is 5.19. The Morgan fingerprint density at radius 1 is 1.03 bits per heavy atom. The molecule has 1 aliphatic heterocycles. The van der Waals surface area contributed by atoms with Gasteiger partial charge in [0.25, 0.3) is 0 Å². The molecule has 0 unspecified atom stereocenters. The standard InChI is InChI=1S/C24H26N4O2/c1-2-30-21-10-7-19(8-11-21)18-27-13-15-28(16-14-27)24(29)12-9-20-17-25-22-5-3-4-6-23(22)26-20/h3-12,17H,2,13-16,18H2,1H3/b12-9+. The van der Waals surface area contributed by atoms with E-state index < -0.39 is 0 Å². The molecule has 6 heteroatoms. The molecule has 0 aliphatic carbocycles. The predicted molar refractivity (Wildman–Crippen MR) is 118 cm³/mol. The van der Waals surface area contributed by atoms with Gasteiger partial charge in [0.1, 0.15) is 5.75 Å². The fourth-order valence-electron chi connectivity index (χ4n) is 3.56. The van der Waals surface area contributed by atoms with Crippen molar-refractivity contribution >= 4 is 23.0 Å². The summed E-state index contributed by atoms with van der Waals surface area (Å²) in [6, 6.07) is 16.0. The first-order valence-electron chi connectivity index (χ1n) is 10.3. The van der Waals surface area contributed by atoms with Crippen LogP contribution in [-0.4, -0.2) is 58.5 Å². The summed E-state index contributed by atoms with van der Waals surface area (Å²) in [5.74, 6) is 0.922. The number of hydrogen-bond acceptors (Lipinski definition) is 5. The number of hydrogen-bond donors (Lipinski definition) is 0. The van der Waals surface area contributed by atoms with Crippen LogP contribution in [0.5, 0.6) is 5.75 Å². The maximum atomic E-state index is 12.6. The van der Waals surface area contributed by atoms with Crippen molar-refractivity contribution in [3.05, 3.63) is 72.1 Å². The van der Waals surface area contributed by atoms with Crippen LogP contribution >= 0.6 is 0 Å². The summed E-state index contributed by atoms with van der Waals surface area (Å²) in [5.41, 5.74) is 3.63. The first kappa shape index (κ1) is 20.0. The fraction of sp³-hybridized carbons (Fsp3) is 0.292. The topological polar surface area (TPSA) is 58.6 Å². The second-order valence-electron chi connectivity index (χ2n) is 7.30. The molecule has 0 atom stereocenters. The summed E-state index contributed by atoms with van der Waals surface area (Å²) in [6.07, 6.45) is 5.04. The van der Waals surface area contributed by atoms with Gasteiger partial charge in [0.2, 0.25) is 5.91 Å². The van der Waals surface area contributed by atoms with E-state index in [9.17, 15) is 4.79 Å². The van der Waals surface area contributed by atoms with Crippen molar-refractivity contribution in [3.8, 4) is 5.75 Å². The lowest BCUT2D eigenvalue weighted by Crippen LogP contribution is -2.47. The highest BCUT2D eigenvalue weighted by atomic mass is 16.5. The number of rotatable bonds is 6. The zero-order valence-electron chi connectivity index (χ0n) is 17.2. The molecule has 0 radical (unpaired) electrons. The minimum absolute atomic E-state index is 0.0191. The molecule has 1 saturated heterocycles. The van der Waals surface area contributed by atoms with Crippen molar-refractivity contribution in [2.45, 2.75) is 13.5 Å². The Morgan fingerprint density at radius 3 is 2.50 bits per heavy atom. The number of fused-ring (bicyclic) bond motifs is 1. The molecule has 0 saturated carbocycles. The fourth-order valence-corrected chi connectivity index (χ4v) is 3.56. The van der Waals surface area contributed by atoms with Crippen LogP contribution in [0, 0.1) is 0 Å². The summed E-state index contributed by atoms with van der Waals surface area (Å²) in [5, 5.41) is 0. The van der Waals surface area contributed by atoms with Gasteiger partial charge in [-0.15, -0.1) is 0 Å². The van der Waals surface area contributed by atoms with Crippen molar-refractivity contribution in [1.82, 2.24) is 19.8 Å². The molecular weight excluding hydrogens is 376 g/mol. The molecule has 2 heterocycles. The third-order valence-corrected chi connectivity index (χ3v) is 5.19. The summed E-state index contributed by atoms with van der Waals surface area (Å²) in [6.45, 7) is 6.73. The Balaban J connectivity index is 1.28. The molecule has 4 rings (SSSR count). The molecule has 0 spiro atoms. The molecule has 30 heavy (non-hydrogen) atoms. The predicted octanol–water partition coefficient (Wildman–Crippen LogP) is 3.39. The van der Waals surface area contributed by atoms with Gasteiger partial charge < -0.3 is 9.64 Å². The number of carbonyl (C=O) groups is 1. The number of para-hydroxylation sites is 2. The second-order valence-corrected chi connectivity index (χ2v) is 7.30. The second kappa shape index (κ2) is 9.50. The van der Waals surface area contributed by atoms with Crippen LogP contribution in [-0.2, 0) is 11.3 Å². The maximum Gasteiger partial charge on any atom is 0.246 e. The summed E-state index contributed by atoms with van der Waals surface area (Å²) in [4.78, 5) is 25.7. The Hall–Kier alpha value is -3.25. The number of piperazine rings is 1. The first-order valence-corrected chi connectivity index (χ1v) is 10.3. The van der Waals surface area contributed by atoms with Gasteiger partial charge in [0, 0.05) is 38.8 Å². The Morgan fingerprint density at radius 2 is 1.77 bits per heavy atom. The van der Waals surface area contributed by atoms with Gasteiger partial charge in [-0.2, -0.15) is 0 Å². The van der Waals surface area contributed by atoms with Gasteiger partial charge in [-0.1, -0.05) is 24.3 Å². The monoisotopic (exact) mass is 402 g/mol. The highest BCUT2D eigenvalue weighted by Crippen LogP contribution is 2.15. The number of carbonyl (C=O) groups excluding carboxylic acids is 1. The Bertz CT molecular complexity index is 1020. The largest absolute Gasteiger partial charge is 0.494 e. The minimum Gasteiger partial charge on any atom is -0.494 e. The van der Waals surface area contributed by atoms with Crippen molar-refractivity contribution < 1.29 is 9.53 Å². The van der Waals surface area contributed by atoms with Crippen molar-refractivity contribution in [2.24, 2.45) is 0 Å². The quantitative estimate of drug-likeness (QED) is 0.592. The third kappa shape index (κ3) is 5.02. The van der Waals surface area contributed by atoms with Gasteiger partial charge in [0.15, 0.2) is 0 Å². The van der Waals surface area contributed by atoms with E-state index in [4.69, 9.17) is 4.74 Å². The molecule has 1 aromatic heterocycles. The highest BCUT2D eigenvalue weighted by Gasteiger charge is 2.19. The maximum absolute atomic E-state index is 12.6. The zero-order chi connectivity index (χ0) is 20.8. The van der Waals surface area contributed by atoms with Crippen molar-refractivity contribution in [1.29, 1.82) is 0 Å². The lowest BCUT2D eigenvalue weighted by atomic mass is 10.2. The van der Waals surface area contributed by atoms with E-state index in [2.05, 4.69) is 27.0 Å². The van der Waals surface area contributed by atoms with Crippen LogP contribution in [0.4, 0.5) is 0 Å². The average molecular weight is 402 g/mol. The van der Waals surface area contributed by atoms with E-state index in [0.29, 0.717) is 12.3 Å². The number of ether oxygens (including phenoxy) is 1. The van der Waals surface area contributed by atoms with E-state index >= 15 is 0 Å². The van der Waals surface area contributed by atoms with Gasteiger partial charge in [-0.3, -0.25) is 14.7 Å². The first-order chi connectivity index (χ1) is 14.7. The minimum atomic E-state index is 0.0191. The SMILES string of the molecule is CCOc1ccc(CN2CCN(C(=O)/C=C/c3cnc4ccccc4n3)CC2)cc1. The number of benzene rings is 2. The summed E-state index contributed by atoms with van der Waals surface area (Å²) in [7, 11) is 0. The smallest absolute Gasteiger partial charge is 0.246 e. The van der Waals surface area contributed by atoms with Gasteiger partial charge in [-0.25, -0.2) is 4.98 Å². The van der Waals surface area contributed by atoms with Gasteiger partial charge in [0.05, 0.1) is 29.5 Å². The van der Waals surface area contributed by atoms with E-state index in [1.54, 1.807) is 18.3 Å².